The van der Waals surface area contributed by atoms with Gasteiger partial charge in [-0.15, -0.1) is 0 Å². The lowest BCUT2D eigenvalue weighted by Gasteiger charge is -2.42. The van der Waals surface area contributed by atoms with E-state index in [1.54, 1.807) is 6.07 Å². The molecule has 1 aromatic heterocycles. The molecule has 36 heavy (non-hydrogen) atoms. The lowest BCUT2D eigenvalue weighted by molar-refractivity contribution is 0.632. The van der Waals surface area contributed by atoms with Gasteiger partial charge in [-0.3, -0.25) is 0 Å². The van der Waals surface area contributed by atoms with E-state index in [2.05, 4.69) is 115 Å². The van der Waals surface area contributed by atoms with Crippen molar-refractivity contribution in [3.63, 3.8) is 0 Å². The number of hydrogen-bond acceptors (Lipinski definition) is 3. The maximum Gasteiger partial charge on any atom is 0.141 e. The average molecular weight is 464 g/mol. The summed E-state index contributed by atoms with van der Waals surface area (Å²) in [5, 5.41) is 9.35. The minimum absolute atomic E-state index is 0.0919. The summed E-state index contributed by atoms with van der Waals surface area (Å²) >= 11 is 0. The Kier molecular flexibility index (Phi) is 5.16. The Hall–Kier alpha value is -4.68. The highest BCUT2D eigenvalue weighted by molar-refractivity contribution is 5.89. The van der Waals surface area contributed by atoms with Gasteiger partial charge in [0.2, 0.25) is 0 Å². The van der Waals surface area contributed by atoms with Gasteiger partial charge < -0.3 is 4.90 Å². The Labute approximate surface area is 211 Å². The number of rotatable bonds is 3. The first-order valence-electron chi connectivity index (χ1n) is 12.1. The van der Waals surface area contributed by atoms with Crippen LogP contribution in [0.2, 0.25) is 0 Å². The molecule has 0 amide bonds. The molecule has 3 nitrogen and oxygen atoms in total. The van der Waals surface area contributed by atoms with E-state index in [4.69, 9.17) is 0 Å². The molecule has 1 aliphatic rings. The fourth-order valence-electron chi connectivity index (χ4n) is 5.37. The summed E-state index contributed by atoms with van der Waals surface area (Å²) in [6.45, 7) is 4.61. The van der Waals surface area contributed by atoms with Crippen LogP contribution in [0.25, 0.3) is 22.4 Å². The van der Waals surface area contributed by atoms with Gasteiger partial charge in [-0.25, -0.2) is 4.98 Å². The van der Waals surface area contributed by atoms with Gasteiger partial charge in [0.1, 0.15) is 11.8 Å². The van der Waals surface area contributed by atoms with Crippen LogP contribution >= 0.6 is 0 Å². The Balaban J connectivity index is 1.53. The molecule has 6 rings (SSSR count). The first-order valence-corrected chi connectivity index (χ1v) is 12.1. The third-order valence-corrected chi connectivity index (χ3v) is 7.12. The highest BCUT2D eigenvalue weighted by Crippen LogP contribution is 2.51. The zero-order valence-electron chi connectivity index (χ0n) is 20.3. The summed E-state index contributed by atoms with van der Waals surface area (Å²) in [5.74, 6) is 0. The number of anilines is 3. The van der Waals surface area contributed by atoms with Gasteiger partial charge in [0, 0.05) is 16.7 Å². The molecule has 1 aliphatic heterocycles. The lowest BCUT2D eigenvalue weighted by atomic mass is 9.73. The van der Waals surface area contributed by atoms with E-state index in [1.807, 2.05) is 24.3 Å². The molecule has 0 saturated carbocycles. The van der Waals surface area contributed by atoms with E-state index in [9.17, 15) is 5.26 Å². The highest BCUT2D eigenvalue weighted by atomic mass is 15.2. The van der Waals surface area contributed by atoms with Crippen molar-refractivity contribution in [3.8, 4) is 28.5 Å². The van der Waals surface area contributed by atoms with Crippen molar-refractivity contribution in [3.05, 3.63) is 132 Å². The van der Waals surface area contributed by atoms with Crippen molar-refractivity contribution in [2.45, 2.75) is 19.3 Å². The van der Waals surface area contributed by atoms with Crippen LogP contribution < -0.4 is 4.90 Å². The molecule has 5 aromatic rings. The van der Waals surface area contributed by atoms with Crippen LogP contribution in [0.5, 0.6) is 0 Å². The standard InChI is InChI=1S/C33H25N3/c1-33(2)28-16-5-7-19-31(28)36(32-20-8-6-17-29(32)33)25-13-9-11-23(21-25)26-14-3-4-15-27(26)30-18-10-12-24(22-34)35-30/h3-21H,1-2H3. The van der Waals surface area contributed by atoms with E-state index >= 15 is 0 Å². The van der Waals surface area contributed by atoms with Gasteiger partial charge in [-0.1, -0.05) is 92.7 Å². The largest absolute Gasteiger partial charge is 0.310 e. The Bertz CT molecular complexity index is 1590. The number of benzene rings is 4. The fraction of sp³-hybridized carbons (Fsp3) is 0.0909. The average Bonchev–Trinajstić information content (AvgIpc) is 2.93. The van der Waals surface area contributed by atoms with Crippen LogP contribution in [-0.2, 0) is 5.41 Å². The van der Waals surface area contributed by atoms with Crippen molar-refractivity contribution in [2.75, 3.05) is 4.90 Å². The Morgan fingerprint density at radius 2 is 1.28 bits per heavy atom. The maximum atomic E-state index is 9.35. The number of aromatic nitrogens is 1. The second kappa shape index (κ2) is 8.52. The lowest BCUT2D eigenvalue weighted by Crippen LogP contribution is -2.30. The molecule has 0 radical (unpaired) electrons. The topological polar surface area (TPSA) is 39.9 Å². The van der Waals surface area contributed by atoms with Crippen LogP contribution in [0.15, 0.2) is 115 Å². The summed E-state index contributed by atoms with van der Waals surface area (Å²) < 4.78 is 0. The Morgan fingerprint density at radius 1 is 0.667 bits per heavy atom. The second-order valence-corrected chi connectivity index (χ2v) is 9.61. The zero-order valence-corrected chi connectivity index (χ0v) is 20.3. The van der Waals surface area contributed by atoms with Crippen molar-refractivity contribution in [1.82, 2.24) is 4.98 Å². The molecular formula is C33H25N3. The predicted molar refractivity (Wildman–Crippen MR) is 147 cm³/mol. The van der Waals surface area contributed by atoms with Crippen LogP contribution in [0, 0.1) is 11.3 Å². The molecule has 0 unspecified atom stereocenters. The smallest absolute Gasteiger partial charge is 0.141 e. The maximum absolute atomic E-state index is 9.35. The molecule has 0 saturated heterocycles. The molecule has 172 valence electrons. The predicted octanol–water partition coefficient (Wildman–Crippen LogP) is 8.40. The first kappa shape index (κ1) is 21.8. The molecule has 0 fully saturated rings. The fourth-order valence-corrected chi connectivity index (χ4v) is 5.37. The quantitative estimate of drug-likeness (QED) is 0.270. The van der Waals surface area contributed by atoms with Crippen LogP contribution in [-0.4, -0.2) is 4.98 Å². The monoisotopic (exact) mass is 463 g/mol. The minimum atomic E-state index is -0.0919. The Morgan fingerprint density at radius 3 is 1.97 bits per heavy atom. The van der Waals surface area contributed by atoms with E-state index in [1.165, 1.54) is 22.5 Å². The molecule has 0 N–H and O–H groups in total. The number of para-hydroxylation sites is 2. The molecular weight excluding hydrogens is 438 g/mol. The zero-order chi connectivity index (χ0) is 24.7. The second-order valence-electron chi connectivity index (χ2n) is 9.61. The summed E-state index contributed by atoms with van der Waals surface area (Å²) in [4.78, 5) is 6.94. The van der Waals surface area contributed by atoms with Crippen molar-refractivity contribution >= 4 is 17.1 Å². The molecule has 4 aromatic carbocycles. The van der Waals surface area contributed by atoms with E-state index in [0.717, 1.165) is 28.1 Å². The van der Waals surface area contributed by atoms with Crippen LogP contribution in [0.1, 0.15) is 30.7 Å². The summed E-state index contributed by atoms with van der Waals surface area (Å²) in [7, 11) is 0. The van der Waals surface area contributed by atoms with Crippen molar-refractivity contribution in [2.24, 2.45) is 0 Å². The molecule has 2 heterocycles. The minimum Gasteiger partial charge on any atom is -0.310 e. The van der Waals surface area contributed by atoms with Gasteiger partial charge >= 0.3 is 0 Å². The van der Waals surface area contributed by atoms with Crippen molar-refractivity contribution in [1.29, 1.82) is 5.26 Å². The molecule has 0 atom stereocenters. The molecule has 0 bridgehead atoms. The number of nitrogens with zero attached hydrogens (tertiary/aromatic N) is 3. The van der Waals surface area contributed by atoms with E-state index in [0.29, 0.717) is 5.69 Å². The normalized spacial score (nSPS) is 13.4. The van der Waals surface area contributed by atoms with Gasteiger partial charge in [0.05, 0.1) is 17.1 Å². The molecule has 0 spiro atoms. The van der Waals surface area contributed by atoms with Gasteiger partial charge in [-0.05, 0) is 58.7 Å². The molecule has 3 heteroatoms. The number of pyridine rings is 1. The van der Waals surface area contributed by atoms with Gasteiger partial charge in [0.15, 0.2) is 0 Å². The molecule has 0 aliphatic carbocycles. The van der Waals surface area contributed by atoms with E-state index in [-0.39, 0.29) is 5.41 Å². The van der Waals surface area contributed by atoms with Gasteiger partial charge in [0.25, 0.3) is 0 Å². The highest BCUT2D eigenvalue weighted by Gasteiger charge is 2.36. The van der Waals surface area contributed by atoms with Crippen molar-refractivity contribution < 1.29 is 0 Å². The first-order chi connectivity index (χ1) is 17.6. The number of nitriles is 1. The SMILES string of the molecule is CC1(C)c2ccccc2N(c2cccc(-c3ccccc3-c3cccc(C#N)n3)c2)c2ccccc21. The van der Waals surface area contributed by atoms with Crippen LogP contribution in [0.3, 0.4) is 0 Å². The summed E-state index contributed by atoms with van der Waals surface area (Å²) in [6, 6.07) is 42.1. The number of fused-ring (bicyclic) bond motifs is 2. The van der Waals surface area contributed by atoms with Crippen LogP contribution in [0.4, 0.5) is 17.1 Å². The summed E-state index contributed by atoms with van der Waals surface area (Å²) in [5.41, 5.74) is 10.5. The summed E-state index contributed by atoms with van der Waals surface area (Å²) in [6.07, 6.45) is 0. The van der Waals surface area contributed by atoms with E-state index < -0.39 is 0 Å². The third kappa shape index (κ3) is 3.47. The van der Waals surface area contributed by atoms with Gasteiger partial charge in [-0.2, -0.15) is 5.26 Å². The number of hydrogen-bond donors (Lipinski definition) is 0. The third-order valence-electron chi connectivity index (χ3n) is 7.12.